The molecule has 0 spiro atoms. The largest absolute Gasteiger partial charge is 0.508 e. The molecule has 18 heavy (non-hydrogen) atoms. The molecular weight excluding hydrogens is 230 g/mol. The molecular formula is C13H15N3O2. The third-order valence-electron chi connectivity index (χ3n) is 2.61. The maximum Gasteiger partial charge on any atom is 0.226 e. The van der Waals surface area contributed by atoms with Crippen molar-refractivity contribution in [2.75, 3.05) is 5.32 Å². The lowest BCUT2D eigenvalue weighted by Gasteiger charge is -2.06. The van der Waals surface area contributed by atoms with Gasteiger partial charge >= 0.3 is 0 Å². The molecule has 0 unspecified atom stereocenters. The molecule has 0 saturated carbocycles. The zero-order chi connectivity index (χ0) is 13.0. The summed E-state index contributed by atoms with van der Waals surface area (Å²) in [5.41, 5.74) is 1.62. The summed E-state index contributed by atoms with van der Waals surface area (Å²) < 4.78 is 1.78. The van der Waals surface area contributed by atoms with Crippen molar-refractivity contribution in [1.82, 2.24) is 9.78 Å². The molecule has 0 atom stereocenters. The number of hydrogen-bond acceptors (Lipinski definition) is 3. The van der Waals surface area contributed by atoms with Crippen molar-refractivity contribution in [2.24, 2.45) is 0 Å². The molecule has 2 rings (SSSR count). The van der Waals surface area contributed by atoms with Gasteiger partial charge in [0.15, 0.2) is 0 Å². The van der Waals surface area contributed by atoms with E-state index in [1.807, 2.05) is 13.0 Å². The van der Waals surface area contributed by atoms with Gasteiger partial charge in [-0.05, 0) is 25.1 Å². The third-order valence-corrected chi connectivity index (χ3v) is 2.61. The van der Waals surface area contributed by atoms with Crippen LogP contribution in [-0.2, 0) is 11.3 Å². The molecule has 5 heteroatoms. The number of rotatable bonds is 4. The molecule has 0 aliphatic carbocycles. The van der Waals surface area contributed by atoms with Crippen molar-refractivity contribution in [3.05, 3.63) is 42.2 Å². The number of phenols is 1. The van der Waals surface area contributed by atoms with E-state index < -0.39 is 0 Å². The van der Waals surface area contributed by atoms with Crippen molar-refractivity contribution in [3.63, 3.8) is 0 Å². The predicted octanol–water partition coefficient (Wildman–Crippen LogP) is 1.93. The van der Waals surface area contributed by atoms with E-state index in [1.165, 1.54) is 6.07 Å². The van der Waals surface area contributed by atoms with E-state index in [0.717, 1.165) is 5.69 Å². The molecule has 0 bridgehead atoms. The van der Waals surface area contributed by atoms with Gasteiger partial charge in [-0.25, -0.2) is 0 Å². The predicted molar refractivity (Wildman–Crippen MR) is 68.3 cm³/mol. The lowest BCUT2D eigenvalue weighted by atomic mass is 10.3. The Morgan fingerprint density at radius 3 is 2.94 bits per heavy atom. The normalized spacial score (nSPS) is 10.3. The van der Waals surface area contributed by atoms with Crippen LogP contribution in [0.5, 0.6) is 5.75 Å². The number of amides is 1. The summed E-state index contributed by atoms with van der Waals surface area (Å²) in [6.07, 6.45) is 2.06. The Hall–Kier alpha value is -2.30. The van der Waals surface area contributed by atoms with Crippen molar-refractivity contribution in [1.29, 1.82) is 0 Å². The average molecular weight is 245 g/mol. The highest BCUT2D eigenvalue weighted by atomic mass is 16.3. The van der Waals surface area contributed by atoms with E-state index in [0.29, 0.717) is 18.7 Å². The number of aromatic nitrogens is 2. The lowest BCUT2D eigenvalue weighted by Crippen LogP contribution is -2.15. The number of nitrogens with zero attached hydrogens (tertiary/aromatic N) is 2. The summed E-state index contributed by atoms with van der Waals surface area (Å²) in [5.74, 6) is 0.0335. The van der Waals surface area contributed by atoms with Crippen LogP contribution in [0.1, 0.15) is 12.1 Å². The number of benzene rings is 1. The Morgan fingerprint density at radius 1 is 1.44 bits per heavy atom. The van der Waals surface area contributed by atoms with E-state index in [2.05, 4.69) is 10.4 Å². The minimum Gasteiger partial charge on any atom is -0.508 e. The van der Waals surface area contributed by atoms with E-state index in [9.17, 15) is 9.90 Å². The number of aryl methyl sites for hydroxylation is 2. The van der Waals surface area contributed by atoms with Gasteiger partial charge in [0.2, 0.25) is 5.91 Å². The number of hydrogen-bond donors (Lipinski definition) is 2. The highest BCUT2D eigenvalue weighted by Crippen LogP contribution is 2.15. The summed E-state index contributed by atoms with van der Waals surface area (Å²) in [6, 6.07) is 8.38. The van der Waals surface area contributed by atoms with Crippen LogP contribution in [0.2, 0.25) is 0 Å². The van der Waals surface area contributed by atoms with Crippen LogP contribution in [0.4, 0.5) is 5.69 Å². The first-order valence-electron chi connectivity index (χ1n) is 5.72. The average Bonchev–Trinajstić information content (AvgIpc) is 2.72. The second-order valence-electron chi connectivity index (χ2n) is 4.04. The van der Waals surface area contributed by atoms with Gasteiger partial charge < -0.3 is 10.4 Å². The maximum absolute atomic E-state index is 11.7. The molecule has 0 aliphatic rings. The molecule has 1 aromatic carbocycles. The third kappa shape index (κ3) is 3.10. The Labute approximate surface area is 105 Å². The van der Waals surface area contributed by atoms with Gasteiger partial charge in [-0.3, -0.25) is 9.48 Å². The molecule has 94 valence electrons. The molecule has 5 nitrogen and oxygen atoms in total. The fraction of sp³-hybridized carbons (Fsp3) is 0.231. The molecule has 1 amide bonds. The van der Waals surface area contributed by atoms with Gasteiger partial charge in [0.1, 0.15) is 5.75 Å². The highest BCUT2D eigenvalue weighted by molar-refractivity contribution is 5.90. The molecule has 0 aliphatic heterocycles. The maximum atomic E-state index is 11.7. The summed E-state index contributed by atoms with van der Waals surface area (Å²) >= 11 is 0. The summed E-state index contributed by atoms with van der Waals surface area (Å²) in [6.45, 7) is 2.49. The summed E-state index contributed by atoms with van der Waals surface area (Å²) in [7, 11) is 0. The SMILES string of the molecule is Cc1ccnn1CCC(=O)Nc1cccc(O)c1. The van der Waals surface area contributed by atoms with Crippen molar-refractivity contribution in [2.45, 2.75) is 19.9 Å². The first kappa shape index (κ1) is 12.2. The number of carbonyl (C=O) groups excluding carboxylic acids is 1. The number of phenolic OH excluding ortho intramolecular Hbond substituents is 1. The first-order valence-corrected chi connectivity index (χ1v) is 5.72. The molecule has 2 N–H and O–H groups in total. The second-order valence-corrected chi connectivity index (χ2v) is 4.04. The topological polar surface area (TPSA) is 67.2 Å². The Kier molecular flexibility index (Phi) is 3.62. The van der Waals surface area contributed by atoms with Crippen LogP contribution < -0.4 is 5.32 Å². The molecule has 1 aromatic heterocycles. The van der Waals surface area contributed by atoms with Crippen molar-refractivity contribution in [3.8, 4) is 5.75 Å². The van der Waals surface area contributed by atoms with Gasteiger partial charge in [-0.1, -0.05) is 6.07 Å². The van der Waals surface area contributed by atoms with E-state index in [1.54, 1.807) is 29.1 Å². The van der Waals surface area contributed by atoms with Crippen molar-refractivity contribution < 1.29 is 9.90 Å². The minimum atomic E-state index is -0.101. The van der Waals surface area contributed by atoms with Gasteiger partial charge in [-0.2, -0.15) is 5.10 Å². The Bertz CT molecular complexity index is 549. The molecule has 0 saturated heterocycles. The van der Waals surface area contributed by atoms with Gasteiger partial charge in [0, 0.05) is 36.6 Å². The molecule has 2 aromatic rings. The lowest BCUT2D eigenvalue weighted by molar-refractivity contribution is -0.116. The number of carbonyl (C=O) groups is 1. The van der Waals surface area contributed by atoms with Crippen LogP contribution in [0.3, 0.4) is 0 Å². The Morgan fingerprint density at radius 2 is 2.28 bits per heavy atom. The second kappa shape index (κ2) is 5.35. The zero-order valence-electron chi connectivity index (χ0n) is 10.1. The summed E-state index contributed by atoms with van der Waals surface area (Å²) in [4.78, 5) is 11.7. The van der Waals surface area contributed by atoms with Gasteiger partial charge in [-0.15, -0.1) is 0 Å². The van der Waals surface area contributed by atoms with Crippen LogP contribution in [0, 0.1) is 6.92 Å². The van der Waals surface area contributed by atoms with E-state index in [4.69, 9.17) is 0 Å². The van der Waals surface area contributed by atoms with E-state index >= 15 is 0 Å². The van der Waals surface area contributed by atoms with Crippen LogP contribution >= 0.6 is 0 Å². The number of aromatic hydroxyl groups is 1. The molecule has 0 radical (unpaired) electrons. The standard InChI is InChI=1S/C13H15N3O2/c1-10-5-7-14-16(10)8-6-13(18)15-11-3-2-4-12(17)9-11/h2-5,7,9,17H,6,8H2,1H3,(H,15,18). The highest BCUT2D eigenvalue weighted by Gasteiger charge is 2.04. The van der Waals surface area contributed by atoms with Crippen molar-refractivity contribution >= 4 is 11.6 Å². The fourth-order valence-electron chi connectivity index (χ4n) is 1.65. The minimum absolute atomic E-state index is 0.101. The smallest absolute Gasteiger partial charge is 0.226 e. The Balaban J connectivity index is 1.88. The van der Waals surface area contributed by atoms with Gasteiger partial charge in [0.25, 0.3) is 0 Å². The van der Waals surface area contributed by atoms with E-state index in [-0.39, 0.29) is 11.7 Å². The number of nitrogens with one attached hydrogen (secondary N) is 1. The monoisotopic (exact) mass is 245 g/mol. The van der Waals surface area contributed by atoms with Crippen LogP contribution in [-0.4, -0.2) is 20.8 Å². The quantitative estimate of drug-likeness (QED) is 0.864. The first-order chi connectivity index (χ1) is 8.65. The molecule has 0 fully saturated rings. The zero-order valence-corrected chi connectivity index (χ0v) is 10.1. The number of anilines is 1. The fourth-order valence-corrected chi connectivity index (χ4v) is 1.65. The molecule has 1 heterocycles. The summed E-state index contributed by atoms with van der Waals surface area (Å²) in [5, 5.41) is 16.1. The van der Waals surface area contributed by atoms with Gasteiger partial charge in [0.05, 0.1) is 0 Å². The van der Waals surface area contributed by atoms with Crippen LogP contribution in [0.25, 0.3) is 0 Å². The van der Waals surface area contributed by atoms with Crippen LogP contribution in [0.15, 0.2) is 36.5 Å².